The van der Waals surface area contributed by atoms with Crippen molar-refractivity contribution in [2.75, 3.05) is 19.7 Å². The molecule has 0 radical (unpaired) electrons. The predicted octanol–water partition coefficient (Wildman–Crippen LogP) is 3.18. The molecule has 3 rings (SSSR count). The molecule has 1 aliphatic rings. The Hall–Kier alpha value is -2.67. The minimum absolute atomic E-state index is 0.0525. The summed E-state index contributed by atoms with van der Waals surface area (Å²) in [7, 11) is 0. The van der Waals surface area contributed by atoms with Crippen LogP contribution in [0.2, 0.25) is 0 Å². The van der Waals surface area contributed by atoms with Gasteiger partial charge in [-0.15, -0.1) is 0 Å². The molecule has 1 aliphatic heterocycles. The minimum atomic E-state index is -2.61. The van der Waals surface area contributed by atoms with Crippen LogP contribution in [0.1, 0.15) is 24.0 Å². The molecule has 0 aliphatic carbocycles. The van der Waals surface area contributed by atoms with E-state index in [1.165, 1.54) is 12.1 Å². The minimum Gasteiger partial charge on any atom is -0.488 e. The van der Waals surface area contributed by atoms with E-state index < -0.39 is 6.43 Å². The second kappa shape index (κ2) is 8.81. The van der Waals surface area contributed by atoms with E-state index in [2.05, 4.69) is 0 Å². The number of ether oxygens (including phenoxy) is 2. The van der Waals surface area contributed by atoms with Crippen LogP contribution in [0.15, 0.2) is 48.5 Å². The molecule has 0 unspecified atom stereocenters. The highest BCUT2D eigenvalue weighted by Crippen LogP contribution is 2.30. The fourth-order valence-electron chi connectivity index (χ4n) is 2.93. The first-order valence-electron chi connectivity index (χ1n) is 8.71. The van der Waals surface area contributed by atoms with Gasteiger partial charge in [0, 0.05) is 13.0 Å². The van der Waals surface area contributed by atoms with Gasteiger partial charge in [-0.25, -0.2) is 8.78 Å². The maximum Gasteiger partial charge on any atom is 0.267 e. The summed E-state index contributed by atoms with van der Waals surface area (Å²) in [6, 6.07) is 12.9. The van der Waals surface area contributed by atoms with Crippen LogP contribution >= 0.6 is 0 Å². The van der Waals surface area contributed by atoms with Gasteiger partial charge in [0.25, 0.3) is 12.3 Å². The molecule has 1 heterocycles. The Balaban J connectivity index is 1.50. The van der Waals surface area contributed by atoms with Gasteiger partial charge in [0.1, 0.15) is 17.6 Å². The summed E-state index contributed by atoms with van der Waals surface area (Å²) in [5.41, 5.74) is 0.620. The van der Waals surface area contributed by atoms with Gasteiger partial charge in [-0.2, -0.15) is 0 Å². The first-order chi connectivity index (χ1) is 13.1. The molecule has 144 valence electrons. The number of carbonyl (C=O) groups is 1. The molecule has 1 saturated heterocycles. The first-order valence-corrected chi connectivity index (χ1v) is 8.71. The fourth-order valence-corrected chi connectivity index (χ4v) is 2.93. The van der Waals surface area contributed by atoms with Crippen LogP contribution in [0.3, 0.4) is 0 Å². The van der Waals surface area contributed by atoms with E-state index in [1.807, 2.05) is 0 Å². The summed E-state index contributed by atoms with van der Waals surface area (Å²) >= 11 is 0. The highest BCUT2D eigenvalue weighted by molar-refractivity contribution is 5.78. The van der Waals surface area contributed by atoms with E-state index in [0.717, 1.165) is 5.56 Å². The lowest BCUT2D eigenvalue weighted by Gasteiger charge is -2.18. The lowest BCUT2D eigenvalue weighted by Crippen LogP contribution is -2.34. The zero-order valence-corrected chi connectivity index (χ0v) is 14.7. The van der Waals surface area contributed by atoms with E-state index in [9.17, 15) is 13.6 Å². The van der Waals surface area contributed by atoms with Gasteiger partial charge < -0.3 is 19.5 Å². The van der Waals surface area contributed by atoms with Crippen LogP contribution in [0.4, 0.5) is 8.78 Å². The maximum absolute atomic E-state index is 13.0. The molecule has 2 aromatic carbocycles. The van der Waals surface area contributed by atoms with Gasteiger partial charge in [-0.1, -0.05) is 24.3 Å². The molecule has 1 amide bonds. The molecule has 0 bridgehead atoms. The number of alkyl halides is 2. The molecule has 5 nitrogen and oxygen atoms in total. The van der Waals surface area contributed by atoms with Gasteiger partial charge in [0.05, 0.1) is 18.7 Å². The molecule has 27 heavy (non-hydrogen) atoms. The molecule has 7 heteroatoms. The molecule has 0 spiro atoms. The number of hydrogen-bond donors (Lipinski definition) is 1. The Labute approximate surface area is 156 Å². The second-order valence-corrected chi connectivity index (χ2v) is 6.30. The number of aliphatic hydroxyl groups is 1. The van der Waals surface area contributed by atoms with Crippen molar-refractivity contribution in [3.8, 4) is 11.5 Å². The average molecular weight is 377 g/mol. The number of aliphatic hydroxyl groups excluding tert-OH is 1. The van der Waals surface area contributed by atoms with Crippen LogP contribution in [0.5, 0.6) is 11.5 Å². The van der Waals surface area contributed by atoms with E-state index in [1.54, 1.807) is 41.3 Å². The Morgan fingerprint density at radius 2 is 1.93 bits per heavy atom. The third-order valence-electron chi connectivity index (χ3n) is 4.41. The summed E-state index contributed by atoms with van der Waals surface area (Å²) in [5.74, 6) is 0.514. The molecule has 1 N–H and O–H groups in total. The first kappa shape index (κ1) is 19.1. The maximum atomic E-state index is 13.0. The van der Waals surface area contributed by atoms with E-state index in [4.69, 9.17) is 14.6 Å². The van der Waals surface area contributed by atoms with E-state index in [-0.39, 0.29) is 36.5 Å². The summed E-state index contributed by atoms with van der Waals surface area (Å²) in [4.78, 5) is 13.9. The van der Waals surface area contributed by atoms with Gasteiger partial charge in [-0.05, 0) is 29.8 Å². The van der Waals surface area contributed by atoms with E-state index in [0.29, 0.717) is 25.3 Å². The molecule has 2 aromatic rings. The van der Waals surface area contributed by atoms with Crippen LogP contribution in [-0.2, 0) is 11.4 Å². The standard InChI is InChI=1S/C20H21F2NO4/c21-20(22)17-3-1-2-4-18(17)27-16-9-10-23(11-16)19(25)13-26-15-7-5-14(12-24)6-8-15/h1-8,16,20,24H,9-13H2/t16-/m0/s1. The van der Waals surface area contributed by atoms with Crippen molar-refractivity contribution in [3.63, 3.8) is 0 Å². The topological polar surface area (TPSA) is 59.0 Å². The van der Waals surface area contributed by atoms with Crippen LogP contribution < -0.4 is 9.47 Å². The van der Waals surface area contributed by atoms with Gasteiger partial charge >= 0.3 is 0 Å². The van der Waals surface area contributed by atoms with Crippen molar-refractivity contribution in [1.29, 1.82) is 0 Å². The SMILES string of the molecule is O=C(COc1ccc(CO)cc1)N1CC[C@H](Oc2ccccc2C(F)F)C1. The molecular weight excluding hydrogens is 356 g/mol. The fraction of sp³-hybridized carbons (Fsp3) is 0.350. The number of halogens is 2. The van der Waals surface area contributed by atoms with E-state index >= 15 is 0 Å². The molecule has 1 atom stereocenters. The van der Waals surface area contributed by atoms with Gasteiger partial charge in [0.2, 0.25) is 0 Å². The normalized spacial score (nSPS) is 16.6. The van der Waals surface area contributed by atoms with Crippen molar-refractivity contribution in [3.05, 3.63) is 59.7 Å². The van der Waals surface area contributed by atoms with Gasteiger partial charge in [0.15, 0.2) is 6.61 Å². The number of benzene rings is 2. The Bertz CT molecular complexity index is 767. The summed E-state index contributed by atoms with van der Waals surface area (Å²) in [6.45, 7) is 0.665. The largest absolute Gasteiger partial charge is 0.488 e. The Kier molecular flexibility index (Phi) is 6.24. The zero-order valence-electron chi connectivity index (χ0n) is 14.7. The number of rotatable bonds is 7. The van der Waals surface area contributed by atoms with Crippen LogP contribution in [0, 0.1) is 0 Å². The van der Waals surface area contributed by atoms with Crippen molar-refractivity contribution < 1.29 is 28.2 Å². The number of nitrogens with zero attached hydrogens (tertiary/aromatic N) is 1. The molecule has 1 fully saturated rings. The number of hydrogen-bond acceptors (Lipinski definition) is 4. The zero-order chi connectivity index (χ0) is 19.2. The third kappa shape index (κ3) is 4.95. The summed E-state index contributed by atoms with van der Waals surface area (Å²) < 4.78 is 37.3. The Morgan fingerprint density at radius 3 is 2.63 bits per heavy atom. The van der Waals surface area contributed by atoms with Gasteiger partial charge in [-0.3, -0.25) is 4.79 Å². The van der Waals surface area contributed by atoms with Crippen molar-refractivity contribution >= 4 is 5.91 Å². The number of carbonyl (C=O) groups excluding carboxylic acids is 1. The highest BCUT2D eigenvalue weighted by Gasteiger charge is 2.29. The lowest BCUT2D eigenvalue weighted by atomic mass is 10.2. The van der Waals surface area contributed by atoms with Crippen LogP contribution in [-0.4, -0.2) is 41.7 Å². The lowest BCUT2D eigenvalue weighted by molar-refractivity contribution is -0.132. The molecule has 0 aromatic heterocycles. The monoisotopic (exact) mass is 377 g/mol. The van der Waals surface area contributed by atoms with Crippen LogP contribution in [0.25, 0.3) is 0 Å². The molecule has 0 saturated carbocycles. The third-order valence-corrected chi connectivity index (χ3v) is 4.41. The quantitative estimate of drug-likeness (QED) is 0.805. The molecular formula is C20H21F2NO4. The average Bonchev–Trinajstić information content (AvgIpc) is 3.15. The van der Waals surface area contributed by atoms with Crippen molar-refractivity contribution in [2.24, 2.45) is 0 Å². The second-order valence-electron chi connectivity index (χ2n) is 6.30. The highest BCUT2D eigenvalue weighted by atomic mass is 19.3. The summed E-state index contributed by atoms with van der Waals surface area (Å²) in [6.07, 6.45) is -2.35. The summed E-state index contributed by atoms with van der Waals surface area (Å²) in [5, 5.41) is 9.01. The van der Waals surface area contributed by atoms with Crippen molar-refractivity contribution in [1.82, 2.24) is 4.90 Å². The number of para-hydroxylation sites is 1. The Morgan fingerprint density at radius 1 is 1.19 bits per heavy atom. The number of amides is 1. The smallest absolute Gasteiger partial charge is 0.267 e. The predicted molar refractivity (Wildman–Crippen MR) is 94.9 cm³/mol. The van der Waals surface area contributed by atoms with Crippen molar-refractivity contribution in [2.45, 2.75) is 25.6 Å². The number of likely N-dealkylation sites (tertiary alicyclic amines) is 1.